The molecule has 0 bridgehead atoms. The molecular formula is C11H18N2O2S. The summed E-state index contributed by atoms with van der Waals surface area (Å²) in [5.74, 6) is 0. The minimum Gasteiger partial charge on any atom is -0.444 e. The predicted octanol–water partition coefficient (Wildman–Crippen LogP) is 3.04. The van der Waals surface area contributed by atoms with Crippen LogP contribution < -0.4 is 5.32 Å². The SMILES string of the molecule is Cc1csc([C@@H](C)NC(=O)OC(C)(C)C)n1. The summed E-state index contributed by atoms with van der Waals surface area (Å²) in [6.45, 7) is 9.34. The fourth-order valence-corrected chi connectivity index (χ4v) is 1.92. The third-order valence-corrected chi connectivity index (χ3v) is 2.89. The molecular weight excluding hydrogens is 224 g/mol. The number of hydrogen-bond acceptors (Lipinski definition) is 4. The van der Waals surface area contributed by atoms with Crippen LogP contribution in [0.15, 0.2) is 5.38 Å². The Morgan fingerprint density at radius 2 is 2.19 bits per heavy atom. The van der Waals surface area contributed by atoms with Crippen LogP contribution in [0.3, 0.4) is 0 Å². The normalized spacial score (nSPS) is 13.3. The first-order valence-electron chi connectivity index (χ1n) is 5.19. The number of nitrogens with one attached hydrogen (secondary N) is 1. The van der Waals surface area contributed by atoms with Crippen LogP contribution in [0, 0.1) is 6.92 Å². The third kappa shape index (κ3) is 4.18. The second kappa shape index (κ2) is 4.82. The molecule has 0 radical (unpaired) electrons. The minimum atomic E-state index is -0.470. The van der Waals surface area contributed by atoms with Crippen LogP contribution in [-0.2, 0) is 4.74 Å². The molecule has 16 heavy (non-hydrogen) atoms. The Morgan fingerprint density at radius 1 is 1.56 bits per heavy atom. The number of ether oxygens (including phenoxy) is 1. The third-order valence-electron chi connectivity index (χ3n) is 1.74. The van der Waals surface area contributed by atoms with Gasteiger partial charge >= 0.3 is 6.09 Å². The molecule has 1 heterocycles. The molecule has 1 N–H and O–H groups in total. The van der Waals surface area contributed by atoms with Gasteiger partial charge < -0.3 is 10.1 Å². The molecule has 0 fully saturated rings. The largest absolute Gasteiger partial charge is 0.444 e. The summed E-state index contributed by atoms with van der Waals surface area (Å²) >= 11 is 1.54. The minimum absolute atomic E-state index is 0.117. The van der Waals surface area contributed by atoms with E-state index >= 15 is 0 Å². The van der Waals surface area contributed by atoms with E-state index in [-0.39, 0.29) is 6.04 Å². The van der Waals surface area contributed by atoms with E-state index in [1.54, 1.807) is 0 Å². The molecule has 0 unspecified atom stereocenters. The first-order valence-corrected chi connectivity index (χ1v) is 6.07. The number of aryl methyl sites for hydroxylation is 1. The highest BCUT2D eigenvalue weighted by atomic mass is 32.1. The van der Waals surface area contributed by atoms with Crippen LogP contribution in [0.5, 0.6) is 0 Å². The van der Waals surface area contributed by atoms with Gasteiger partial charge in [0.25, 0.3) is 0 Å². The number of rotatable bonds is 2. The van der Waals surface area contributed by atoms with Gasteiger partial charge in [0.2, 0.25) is 0 Å². The smallest absolute Gasteiger partial charge is 0.408 e. The summed E-state index contributed by atoms with van der Waals surface area (Å²) in [4.78, 5) is 15.8. The topological polar surface area (TPSA) is 51.2 Å². The summed E-state index contributed by atoms with van der Waals surface area (Å²) in [5.41, 5.74) is 0.501. The first kappa shape index (κ1) is 13.0. The molecule has 90 valence electrons. The van der Waals surface area contributed by atoms with Crippen molar-refractivity contribution in [2.24, 2.45) is 0 Å². The Hall–Kier alpha value is -1.10. The van der Waals surface area contributed by atoms with E-state index in [4.69, 9.17) is 4.74 Å². The lowest BCUT2D eigenvalue weighted by Crippen LogP contribution is -2.34. The predicted molar refractivity (Wildman–Crippen MR) is 64.6 cm³/mol. The molecule has 0 aliphatic carbocycles. The maximum atomic E-state index is 11.5. The molecule has 4 nitrogen and oxygen atoms in total. The molecule has 0 spiro atoms. The maximum Gasteiger partial charge on any atom is 0.408 e. The number of amides is 1. The van der Waals surface area contributed by atoms with E-state index in [0.29, 0.717) is 0 Å². The molecule has 1 rings (SSSR count). The zero-order valence-corrected chi connectivity index (χ0v) is 11.1. The maximum absolute atomic E-state index is 11.5. The molecule has 1 atom stereocenters. The van der Waals surface area contributed by atoms with E-state index in [2.05, 4.69) is 10.3 Å². The van der Waals surface area contributed by atoms with Crippen molar-refractivity contribution >= 4 is 17.4 Å². The van der Waals surface area contributed by atoms with Crippen molar-refractivity contribution in [2.75, 3.05) is 0 Å². The summed E-state index contributed by atoms with van der Waals surface area (Å²) < 4.78 is 5.16. The molecule has 1 amide bonds. The number of aromatic nitrogens is 1. The number of thiazole rings is 1. The van der Waals surface area contributed by atoms with E-state index < -0.39 is 11.7 Å². The Kier molecular flexibility index (Phi) is 3.91. The van der Waals surface area contributed by atoms with E-state index in [9.17, 15) is 4.79 Å². The number of carbonyl (C=O) groups is 1. The van der Waals surface area contributed by atoms with Crippen LogP contribution >= 0.6 is 11.3 Å². The van der Waals surface area contributed by atoms with Crippen molar-refractivity contribution in [1.29, 1.82) is 0 Å². The second-order valence-corrected chi connectivity index (χ2v) is 5.58. The van der Waals surface area contributed by atoms with E-state index in [0.717, 1.165) is 10.7 Å². The van der Waals surface area contributed by atoms with Gasteiger partial charge in [-0.25, -0.2) is 9.78 Å². The summed E-state index contributed by atoms with van der Waals surface area (Å²) in [6.07, 6.45) is -0.409. The van der Waals surface area contributed by atoms with Crippen LogP contribution in [0.1, 0.15) is 44.4 Å². The highest BCUT2D eigenvalue weighted by Crippen LogP contribution is 2.18. The van der Waals surface area contributed by atoms with E-state index in [1.807, 2.05) is 40.0 Å². The molecule has 0 saturated carbocycles. The zero-order chi connectivity index (χ0) is 12.3. The monoisotopic (exact) mass is 242 g/mol. The molecule has 1 aromatic heterocycles. The fraction of sp³-hybridized carbons (Fsp3) is 0.636. The van der Waals surface area contributed by atoms with Gasteiger partial charge in [-0.3, -0.25) is 0 Å². The van der Waals surface area contributed by atoms with Crippen molar-refractivity contribution in [2.45, 2.75) is 46.3 Å². The van der Waals surface area contributed by atoms with Gasteiger partial charge in [-0.2, -0.15) is 0 Å². The van der Waals surface area contributed by atoms with Gasteiger partial charge in [-0.05, 0) is 34.6 Å². The first-order chi connectivity index (χ1) is 7.28. The van der Waals surface area contributed by atoms with Gasteiger partial charge in [-0.1, -0.05) is 0 Å². The van der Waals surface area contributed by atoms with Gasteiger partial charge in [0.15, 0.2) is 0 Å². The number of hydrogen-bond donors (Lipinski definition) is 1. The van der Waals surface area contributed by atoms with Crippen molar-refractivity contribution in [3.05, 3.63) is 16.1 Å². The quantitative estimate of drug-likeness (QED) is 0.867. The second-order valence-electron chi connectivity index (χ2n) is 4.70. The average Bonchev–Trinajstić information content (AvgIpc) is 2.47. The lowest BCUT2D eigenvalue weighted by Gasteiger charge is -2.21. The lowest BCUT2D eigenvalue weighted by molar-refractivity contribution is 0.0508. The Balaban J connectivity index is 2.52. The van der Waals surface area contributed by atoms with Crippen LogP contribution in [0.2, 0.25) is 0 Å². The van der Waals surface area contributed by atoms with Gasteiger partial charge in [-0.15, -0.1) is 11.3 Å². The highest BCUT2D eigenvalue weighted by Gasteiger charge is 2.19. The van der Waals surface area contributed by atoms with Gasteiger partial charge in [0, 0.05) is 11.1 Å². The fourth-order valence-electron chi connectivity index (χ4n) is 1.12. The molecule has 1 aromatic rings. The van der Waals surface area contributed by atoms with Crippen molar-refractivity contribution < 1.29 is 9.53 Å². The van der Waals surface area contributed by atoms with E-state index in [1.165, 1.54) is 11.3 Å². The molecule has 0 aromatic carbocycles. The van der Waals surface area contributed by atoms with Gasteiger partial charge in [0.05, 0.1) is 6.04 Å². The van der Waals surface area contributed by atoms with Crippen molar-refractivity contribution in [3.8, 4) is 0 Å². The van der Waals surface area contributed by atoms with Crippen LogP contribution in [0.25, 0.3) is 0 Å². The Morgan fingerprint density at radius 3 is 2.62 bits per heavy atom. The summed E-state index contributed by atoms with van der Waals surface area (Å²) in [7, 11) is 0. The van der Waals surface area contributed by atoms with Crippen LogP contribution in [-0.4, -0.2) is 16.7 Å². The highest BCUT2D eigenvalue weighted by molar-refractivity contribution is 7.09. The zero-order valence-electron chi connectivity index (χ0n) is 10.3. The molecule has 0 saturated heterocycles. The Bertz CT molecular complexity index is 368. The number of alkyl carbamates (subject to hydrolysis) is 1. The van der Waals surface area contributed by atoms with Crippen molar-refractivity contribution in [3.63, 3.8) is 0 Å². The van der Waals surface area contributed by atoms with Gasteiger partial charge in [0.1, 0.15) is 10.6 Å². The number of nitrogens with zero attached hydrogens (tertiary/aromatic N) is 1. The lowest BCUT2D eigenvalue weighted by atomic mass is 10.2. The molecule has 0 aliphatic heterocycles. The average molecular weight is 242 g/mol. The van der Waals surface area contributed by atoms with Crippen LogP contribution in [0.4, 0.5) is 4.79 Å². The molecule has 0 aliphatic rings. The number of carbonyl (C=O) groups excluding carboxylic acids is 1. The summed E-state index contributed by atoms with van der Waals surface area (Å²) in [6, 6.07) is -0.117. The molecule has 5 heteroatoms. The van der Waals surface area contributed by atoms with Crippen molar-refractivity contribution in [1.82, 2.24) is 10.3 Å². The summed E-state index contributed by atoms with van der Waals surface area (Å²) in [5, 5.41) is 5.61. The standard InChI is InChI=1S/C11H18N2O2S/c1-7-6-16-9(12-7)8(2)13-10(14)15-11(3,4)5/h6,8H,1-5H3,(H,13,14)/t8-/m1/s1. The Labute approximate surface area is 100 Å².